The maximum absolute atomic E-state index is 12.4. The molecule has 3 rings (SSSR count). The summed E-state index contributed by atoms with van der Waals surface area (Å²) >= 11 is 5.97. The number of nitrogens with one attached hydrogen (secondary N) is 1. The molecule has 4 nitrogen and oxygen atoms in total. The molecule has 0 radical (unpaired) electrons. The summed E-state index contributed by atoms with van der Waals surface area (Å²) in [6, 6.07) is 7.67. The van der Waals surface area contributed by atoms with Gasteiger partial charge in [0, 0.05) is 30.1 Å². The van der Waals surface area contributed by atoms with Gasteiger partial charge >= 0.3 is 0 Å². The Bertz CT molecular complexity index is 591. The fourth-order valence-corrected chi connectivity index (χ4v) is 3.93. The van der Waals surface area contributed by atoms with Crippen LogP contribution in [0, 0.1) is 5.92 Å². The number of likely N-dealkylation sites (tertiary alicyclic amines) is 1. The van der Waals surface area contributed by atoms with Gasteiger partial charge in [0.2, 0.25) is 11.8 Å². The van der Waals surface area contributed by atoms with Crippen LogP contribution >= 0.6 is 11.6 Å². The molecule has 0 atom stereocenters. The van der Waals surface area contributed by atoms with Gasteiger partial charge in [-0.3, -0.25) is 9.59 Å². The second-order valence-corrected chi connectivity index (χ2v) is 7.39. The Labute approximate surface area is 148 Å². The van der Waals surface area contributed by atoms with Gasteiger partial charge in [0.25, 0.3) is 0 Å². The van der Waals surface area contributed by atoms with Crippen LogP contribution < -0.4 is 5.32 Å². The fourth-order valence-electron chi connectivity index (χ4n) is 3.71. The van der Waals surface area contributed by atoms with Gasteiger partial charge in [-0.25, -0.2) is 0 Å². The zero-order chi connectivity index (χ0) is 16.9. The summed E-state index contributed by atoms with van der Waals surface area (Å²) < 4.78 is 0. The molecular weight excluding hydrogens is 324 g/mol. The molecule has 5 heteroatoms. The summed E-state index contributed by atoms with van der Waals surface area (Å²) in [6.45, 7) is 1.43. The number of benzene rings is 1. The third-order valence-electron chi connectivity index (χ3n) is 5.16. The Kier molecular flexibility index (Phi) is 5.77. The number of carbonyl (C=O) groups excluding carboxylic acids is 2. The molecule has 0 spiro atoms. The van der Waals surface area contributed by atoms with Crippen molar-refractivity contribution in [2.75, 3.05) is 13.1 Å². The molecule has 2 fully saturated rings. The van der Waals surface area contributed by atoms with Crippen LogP contribution in [0.15, 0.2) is 24.3 Å². The molecule has 24 heavy (non-hydrogen) atoms. The molecule has 2 aliphatic rings. The highest BCUT2D eigenvalue weighted by molar-refractivity contribution is 6.30. The minimum absolute atomic E-state index is 0.137. The van der Waals surface area contributed by atoms with Crippen LogP contribution in [-0.4, -0.2) is 35.8 Å². The van der Waals surface area contributed by atoms with E-state index in [-0.39, 0.29) is 23.8 Å². The van der Waals surface area contributed by atoms with E-state index in [2.05, 4.69) is 5.32 Å². The molecule has 2 amide bonds. The van der Waals surface area contributed by atoms with Gasteiger partial charge in [-0.2, -0.15) is 0 Å². The summed E-state index contributed by atoms with van der Waals surface area (Å²) in [5.74, 6) is 0.571. The minimum Gasteiger partial charge on any atom is -0.353 e. The summed E-state index contributed by atoms with van der Waals surface area (Å²) in [5, 5.41) is 3.84. The Balaban J connectivity index is 1.44. The van der Waals surface area contributed by atoms with Crippen LogP contribution in [0.25, 0.3) is 0 Å². The third-order valence-corrected chi connectivity index (χ3v) is 5.40. The highest BCUT2D eigenvalue weighted by Gasteiger charge is 2.27. The smallest absolute Gasteiger partial charge is 0.226 e. The lowest BCUT2D eigenvalue weighted by molar-refractivity contribution is -0.131. The highest BCUT2D eigenvalue weighted by atomic mass is 35.5. The van der Waals surface area contributed by atoms with Crippen molar-refractivity contribution < 1.29 is 9.59 Å². The highest BCUT2D eigenvalue weighted by Crippen LogP contribution is 2.25. The molecule has 0 aromatic heterocycles. The van der Waals surface area contributed by atoms with Crippen molar-refractivity contribution in [3.8, 4) is 0 Å². The Morgan fingerprint density at radius 3 is 2.50 bits per heavy atom. The van der Waals surface area contributed by atoms with Crippen molar-refractivity contribution in [2.45, 2.75) is 51.0 Å². The van der Waals surface area contributed by atoms with E-state index in [1.807, 2.05) is 29.2 Å². The quantitative estimate of drug-likeness (QED) is 0.908. The van der Waals surface area contributed by atoms with E-state index in [4.69, 9.17) is 11.6 Å². The third kappa shape index (κ3) is 4.50. The maximum atomic E-state index is 12.4. The Morgan fingerprint density at radius 1 is 1.12 bits per heavy atom. The average Bonchev–Trinajstić information content (AvgIpc) is 3.10. The lowest BCUT2D eigenvalue weighted by atomic mass is 10.0. The Morgan fingerprint density at radius 2 is 1.83 bits per heavy atom. The predicted molar refractivity (Wildman–Crippen MR) is 94.9 cm³/mol. The monoisotopic (exact) mass is 348 g/mol. The molecule has 1 N–H and O–H groups in total. The Hall–Kier alpha value is -1.55. The van der Waals surface area contributed by atoms with E-state index in [1.54, 1.807) is 0 Å². The maximum Gasteiger partial charge on any atom is 0.226 e. The molecule has 1 aromatic carbocycles. The zero-order valence-electron chi connectivity index (χ0n) is 14.0. The first-order chi connectivity index (χ1) is 11.6. The second kappa shape index (κ2) is 8.02. The number of nitrogens with zero attached hydrogens (tertiary/aromatic N) is 1. The van der Waals surface area contributed by atoms with Crippen LogP contribution in [-0.2, 0) is 16.0 Å². The zero-order valence-corrected chi connectivity index (χ0v) is 14.7. The number of halogens is 1. The van der Waals surface area contributed by atoms with E-state index < -0.39 is 0 Å². The van der Waals surface area contributed by atoms with Gasteiger partial charge in [-0.05, 0) is 43.4 Å². The van der Waals surface area contributed by atoms with Gasteiger partial charge < -0.3 is 10.2 Å². The SMILES string of the molecule is O=C(NC1CCN(C(=O)Cc2cccc(Cl)c2)CC1)C1CCCC1. The number of amides is 2. The van der Waals surface area contributed by atoms with Crippen LogP contribution in [0.5, 0.6) is 0 Å². The molecule has 1 aliphatic heterocycles. The molecular formula is C19H25ClN2O2. The van der Waals surface area contributed by atoms with E-state index in [0.717, 1.165) is 44.3 Å². The van der Waals surface area contributed by atoms with E-state index in [1.165, 1.54) is 12.8 Å². The molecule has 0 bridgehead atoms. The normalized spacial score (nSPS) is 19.5. The van der Waals surface area contributed by atoms with Gasteiger partial charge in [0.05, 0.1) is 6.42 Å². The molecule has 1 saturated carbocycles. The molecule has 0 unspecified atom stereocenters. The summed E-state index contributed by atoms with van der Waals surface area (Å²) in [5.41, 5.74) is 0.948. The predicted octanol–water partition coefficient (Wildman–Crippen LogP) is 3.18. The van der Waals surface area contributed by atoms with Crippen molar-refractivity contribution in [2.24, 2.45) is 5.92 Å². The van der Waals surface area contributed by atoms with Crippen LogP contribution in [0.4, 0.5) is 0 Å². The standard InChI is InChI=1S/C19H25ClN2O2/c20-16-7-3-4-14(12-16)13-18(23)22-10-8-17(9-11-22)21-19(24)15-5-1-2-6-15/h3-4,7,12,15,17H,1-2,5-6,8-11,13H2,(H,21,24). The van der Waals surface area contributed by atoms with Crippen molar-refractivity contribution in [1.29, 1.82) is 0 Å². The molecule has 130 valence electrons. The van der Waals surface area contributed by atoms with Crippen molar-refractivity contribution in [3.05, 3.63) is 34.9 Å². The molecule has 1 aliphatic carbocycles. The second-order valence-electron chi connectivity index (χ2n) is 6.95. The summed E-state index contributed by atoms with van der Waals surface area (Å²) in [7, 11) is 0. The van der Waals surface area contributed by atoms with Gasteiger partial charge in [-0.15, -0.1) is 0 Å². The van der Waals surface area contributed by atoms with Crippen LogP contribution in [0.3, 0.4) is 0 Å². The van der Waals surface area contributed by atoms with Crippen molar-refractivity contribution >= 4 is 23.4 Å². The van der Waals surface area contributed by atoms with Crippen molar-refractivity contribution in [1.82, 2.24) is 10.2 Å². The number of rotatable bonds is 4. The minimum atomic E-state index is 0.137. The lowest BCUT2D eigenvalue weighted by Gasteiger charge is -2.33. The average molecular weight is 349 g/mol. The number of piperidine rings is 1. The number of hydrogen-bond acceptors (Lipinski definition) is 2. The van der Waals surface area contributed by atoms with Crippen LogP contribution in [0.1, 0.15) is 44.1 Å². The number of carbonyl (C=O) groups is 2. The van der Waals surface area contributed by atoms with Gasteiger partial charge in [0.15, 0.2) is 0 Å². The number of hydrogen-bond donors (Lipinski definition) is 1. The van der Waals surface area contributed by atoms with E-state index in [0.29, 0.717) is 11.4 Å². The van der Waals surface area contributed by atoms with Crippen LogP contribution in [0.2, 0.25) is 5.02 Å². The largest absolute Gasteiger partial charge is 0.353 e. The molecule has 1 aromatic rings. The molecule has 1 saturated heterocycles. The van der Waals surface area contributed by atoms with Crippen molar-refractivity contribution in [3.63, 3.8) is 0 Å². The van der Waals surface area contributed by atoms with Gasteiger partial charge in [0.1, 0.15) is 0 Å². The van der Waals surface area contributed by atoms with Gasteiger partial charge in [-0.1, -0.05) is 36.6 Å². The van der Waals surface area contributed by atoms with E-state index in [9.17, 15) is 9.59 Å². The topological polar surface area (TPSA) is 49.4 Å². The fraction of sp³-hybridized carbons (Fsp3) is 0.579. The summed E-state index contributed by atoms with van der Waals surface area (Å²) in [6.07, 6.45) is 6.49. The first-order valence-corrected chi connectivity index (χ1v) is 9.32. The summed E-state index contributed by atoms with van der Waals surface area (Å²) in [4.78, 5) is 26.5. The van der Waals surface area contributed by atoms with E-state index >= 15 is 0 Å². The first kappa shape index (κ1) is 17.3. The lowest BCUT2D eigenvalue weighted by Crippen LogP contribution is -2.48. The first-order valence-electron chi connectivity index (χ1n) is 8.94. The molecule has 1 heterocycles.